The van der Waals surface area contributed by atoms with Crippen molar-refractivity contribution in [1.82, 2.24) is 20.3 Å². The summed E-state index contributed by atoms with van der Waals surface area (Å²) >= 11 is 0. The Hall–Kier alpha value is -1.92. The quantitative estimate of drug-likeness (QED) is 0.803. The molecule has 2 aromatic rings. The Labute approximate surface area is 125 Å². The standard InChI is InChI=1S/C15H22N4O2/c1-12(16-6-8-19-9-7-17-18-19)13-4-5-15(21-3)14(10-13)11-20-2/h4-5,7,9-10,12,16H,6,8,11H2,1-3H3. The first-order valence-electron chi connectivity index (χ1n) is 6.98. The highest BCUT2D eigenvalue weighted by Gasteiger charge is 2.09. The van der Waals surface area contributed by atoms with Gasteiger partial charge >= 0.3 is 0 Å². The van der Waals surface area contributed by atoms with E-state index < -0.39 is 0 Å². The van der Waals surface area contributed by atoms with Crippen molar-refractivity contribution in [2.24, 2.45) is 0 Å². The summed E-state index contributed by atoms with van der Waals surface area (Å²) in [6.45, 7) is 4.31. The van der Waals surface area contributed by atoms with Crippen molar-refractivity contribution in [2.45, 2.75) is 26.1 Å². The van der Waals surface area contributed by atoms with E-state index in [1.165, 1.54) is 5.56 Å². The molecule has 21 heavy (non-hydrogen) atoms. The van der Waals surface area contributed by atoms with E-state index in [0.29, 0.717) is 6.61 Å². The van der Waals surface area contributed by atoms with E-state index in [9.17, 15) is 0 Å². The van der Waals surface area contributed by atoms with E-state index in [4.69, 9.17) is 9.47 Å². The molecule has 2 rings (SSSR count). The van der Waals surface area contributed by atoms with Crippen LogP contribution < -0.4 is 10.1 Å². The molecule has 0 bridgehead atoms. The van der Waals surface area contributed by atoms with Gasteiger partial charge in [0.15, 0.2) is 0 Å². The molecule has 0 radical (unpaired) electrons. The van der Waals surface area contributed by atoms with Crippen molar-refractivity contribution < 1.29 is 9.47 Å². The Morgan fingerprint density at radius 1 is 1.33 bits per heavy atom. The Morgan fingerprint density at radius 3 is 2.86 bits per heavy atom. The molecule has 0 aliphatic carbocycles. The third-order valence-electron chi connectivity index (χ3n) is 3.37. The zero-order chi connectivity index (χ0) is 15.1. The van der Waals surface area contributed by atoms with Crippen LogP contribution in [0.1, 0.15) is 24.1 Å². The number of rotatable bonds is 8. The zero-order valence-corrected chi connectivity index (χ0v) is 12.7. The minimum atomic E-state index is 0.245. The van der Waals surface area contributed by atoms with Gasteiger partial charge in [0, 0.05) is 31.5 Å². The van der Waals surface area contributed by atoms with E-state index in [1.807, 2.05) is 16.9 Å². The van der Waals surface area contributed by atoms with Gasteiger partial charge in [0.25, 0.3) is 0 Å². The number of ether oxygens (including phenoxy) is 2. The number of hydrogen-bond acceptors (Lipinski definition) is 5. The first-order chi connectivity index (χ1) is 10.2. The molecule has 1 heterocycles. The molecule has 0 saturated heterocycles. The Kier molecular flexibility index (Phi) is 5.71. The highest BCUT2D eigenvalue weighted by molar-refractivity contribution is 5.38. The predicted molar refractivity (Wildman–Crippen MR) is 80.1 cm³/mol. The molecule has 0 saturated carbocycles. The van der Waals surface area contributed by atoms with Gasteiger partial charge < -0.3 is 14.8 Å². The van der Waals surface area contributed by atoms with Crippen LogP contribution in [0.4, 0.5) is 0 Å². The van der Waals surface area contributed by atoms with Crippen LogP contribution in [0.15, 0.2) is 30.6 Å². The SMILES string of the molecule is COCc1cc(C(C)NCCn2ccnn2)ccc1OC. The molecule has 1 N–H and O–H groups in total. The number of methoxy groups -OCH3 is 2. The molecule has 0 amide bonds. The number of benzene rings is 1. The summed E-state index contributed by atoms with van der Waals surface area (Å²) in [7, 11) is 3.36. The average Bonchev–Trinajstić information content (AvgIpc) is 3.00. The number of hydrogen-bond donors (Lipinski definition) is 1. The van der Waals surface area contributed by atoms with Gasteiger partial charge in [-0.2, -0.15) is 0 Å². The minimum Gasteiger partial charge on any atom is -0.496 e. The monoisotopic (exact) mass is 290 g/mol. The zero-order valence-electron chi connectivity index (χ0n) is 12.7. The van der Waals surface area contributed by atoms with Gasteiger partial charge in [0.2, 0.25) is 0 Å². The molecule has 0 aliphatic rings. The van der Waals surface area contributed by atoms with Gasteiger partial charge in [-0.05, 0) is 24.6 Å². The van der Waals surface area contributed by atoms with E-state index >= 15 is 0 Å². The largest absolute Gasteiger partial charge is 0.496 e. The molecule has 6 nitrogen and oxygen atoms in total. The van der Waals surface area contributed by atoms with Gasteiger partial charge in [-0.3, -0.25) is 4.68 Å². The molecule has 1 aromatic heterocycles. The number of nitrogens with zero attached hydrogens (tertiary/aromatic N) is 3. The molecular weight excluding hydrogens is 268 g/mol. The lowest BCUT2D eigenvalue weighted by Crippen LogP contribution is -2.23. The van der Waals surface area contributed by atoms with Gasteiger partial charge in [0.05, 0.1) is 26.5 Å². The lowest BCUT2D eigenvalue weighted by molar-refractivity contribution is 0.181. The second-order valence-corrected chi connectivity index (χ2v) is 4.85. The lowest BCUT2D eigenvalue weighted by atomic mass is 10.0. The van der Waals surface area contributed by atoms with E-state index in [0.717, 1.165) is 24.4 Å². The normalized spacial score (nSPS) is 12.3. The topological polar surface area (TPSA) is 61.2 Å². The van der Waals surface area contributed by atoms with Gasteiger partial charge in [-0.1, -0.05) is 11.3 Å². The van der Waals surface area contributed by atoms with Crippen molar-refractivity contribution in [2.75, 3.05) is 20.8 Å². The summed E-state index contributed by atoms with van der Waals surface area (Å²) in [5.74, 6) is 0.857. The molecule has 1 aromatic carbocycles. The van der Waals surface area contributed by atoms with Gasteiger partial charge in [-0.25, -0.2) is 0 Å². The summed E-state index contributed by atoms with van der Waals surface area (Å²) in [6, 6.07) is 6.43. The van der Waals surface area contributed by atoms with Crippen molar-refractivity contribution in [3.63, 3.8) is 0 Å². The summed E-state index contributed by atoms with van der Waals surface area (Å²) < 4.78 is 12.4. The average molecular weight is 290 g/mol. The number of nitrogens with one attached hydrogen (secondary N) is 1. The van der Waals surface area contributed by atoms with Crippen LogP contribution in [0.5, 0.6) is 5.75 Å². The fourth-order valence-electron chi connectivity index (χ4n) is 2.20. The van der Waals surface area contributed by atoms with Gasteiger partial charge in [-0.15, -0.1) is 5.10 Å². The maximum Gasteiger partial charge on any atom is 0.124 e. The highest BCUT2D eigenvalue weighted by atomic mass is 16.5. The first-order valence-corrected chi connectivity index (χ1v) is 6.98. The Bertz CT molecular complexity index is 543. The summed E-state index contributed by atoms with van der Waals surface area (Å²) in [5, 5.41) is 11.2. The Morgan fingerprint density at radius 2 is 2.19 bits per heavy atom. The maximum absolute atomic E-state index is 5.34. The maximum atomic E-state index is 5.34. The van der Waals surface area contributed by atoms with Crippen LogP contribution in [0, 0.1) is 0 Å². The molecule has 0 fully saturated rings. The van der Waals surface area contributed by atoms with E-state index in [2.05, 4.69) is 34.7 Å². The Balaban J connectivity index is 1.94. The van der Waals surface area contributed by atoms with E-state index in [-0.39, 0.29) is 6.04 Å². The lowest BCUT2D eigenvalue weighted by Gasteiger charge is -2.17. The second kappa shape index (κ2) is 7.75. The first kappa shape index (κ1) is 15.5. The van der Waals surface area contributed by atoms with Crippen LogP contribution in [-0.4, -0.2) is 35.8 Å². The molecular formula is C15H22N4O2. The van der Waals surface area contributed by atoms with Crippen molar-refractivity contribution in [3.05, 3.63) is 41.7 Å². The third-order valence-corrected chi connectivity index (χ3v) is 3.37. The summed E-state index contributed by atoms with van der Waals surface area (Å²) in [4.78, 5) is 0. The van der Waals surface area contributed by atoms with Crippen LogP contribution in [0.25, 0.3) is 0 Å². The molecule has 6 heteroatoms. The van der Waals surface area contributed by atoms with Crippen LogP contribution in [0.3, 0.4) is 0 Å². The van der Waals surface area contributed by atoms with Crippen molar-refractivity contribution in [3.8, 4) is 5.75 Å². The number of aromatic nitrogens is 3. The molecule has 1 atom stereocenters. The third kappa shape index (κ3) is 4.27. The second-order valence-electron chi connectivity index (χ2n) is 4.85. The van der Waals surface area contributed by atoms with Crippen LogP contribution in [0.2, 0.25) is 0 Å². The van der Waals surface area contributed by atoms with Crippen molar-refractivity contribution in [1.29, 1.82) is 0 Å². The molecule has 0 spiro atoms. The molecule has 114 valence electrons. The van der Waals surface area contributed by atoms with Gasteiger partial charge in [0.1, 0.15) is 5.75 Å². The minimum absolute atomic E-state index is 0.245. The van der Waals surface area contributed by atoms with Crippen molar-refractivity contribution >= 4 is 0 Å². The summed E-state index contributed by atoms with van der Waals surface area (Å²) in [5.41, 5.74) is 2.27. The van der Waals surface area contributed by atoms with Crippen LogP contribution >= 0.6 is 0 Å². The summed E-state index contributed by atoms with van der Waals surface area (Å²) in [6.07, 6.45) is 3.54. The van der Waals surface area contributed by atoms with Crippen LogP contribution in [-0.2, 0) is 17.9 Å². The van der Waals surface area contributed by atoms with E-state index in [1.54, 1.807) is 20.4 Å². The molecule has 1 unspecified atom stereocenters. The fourth-order valence-corrected chi connectivity index (χ4v) is 2.20. The fraction of sp³-hybridized carbons (Fsp3) is 0.467. The smallest absolute Gasteiger partial charge is 0.124 e. The molecule has 0 aliphatic heterocycles. The highest BCUT2D eigenvalue weighted by Crippen LogP contribution is 2.23. The predicted octanol–water partition coefficient (Wildman–Crippen LogP) is 1.78.